The molecule has 0 bridgehead atoms. The molecule has 0 saturated carbocycles. The smallest absolute Gasteiger partial charge is 0.237 e. The van der Waals surface area contributed by atoms with Gasteiger partial charge in [0.25, 0.3) is 0 Å². The van der Waals surface area contributed by atoms with Crippen molar-refractivity contribution in [3.63, 3.8) is 0 Å². The second-order valence-corrected chi connectivity index (χ2v) is 9.87. The highest BCUT2D eigenvalue weighted by atomic mass is 16.5. The van der Waals surface area contributed by atoms with Gasteiger partial charge in [-0.15, -0.1) is 0 Å². The Morgan fingerprint density at radius 1 is 1.08 bits per heavy atom. The average molecular weight is 507 g/mol. The van der Waals surface area contributed by atoms with E-state index in [1.165, 1.54) is 11.1 Å². The summed E-state index contributed by atoms with van der Waals surface area (Å²) in [4.78, 5) is 4.67. The van der Waals surface area contributed by atoms with Crippen LogP contribution in [0.1, 0.15) is 22.7 Å². The number of hydrogen-bond acceptors (Lipinski definition) is 7. The molecule has 0 spiro atoms. The summed E-state index contributed by atoms with van der Waals surface area (Å²) in [7, 11) is 0. The number of nitrogens with zero attached hydrogens (tertiary/aromatic N) is 4. The van der Waals surface area contributed by atoms with Crippen LogP contribution in [-0.2, 0) is 17.7 Å². The Kier molecular flexibility index (Phi) is 7.03. The zero-order valence-electron chi connectivity index (χ0n) is 21.1. The molecule has 192 valence electrons. The van der Waals surface area contributed by atoms with E-state index >= 15 is 0 Å². The quantitative estimate of drug-likeness (QED) is 0.351. The molecule has 2 N–H and O–H groups in total. The number of nitriles is 1. The Balaban J connectivity index is 1.14. The molecule has 6 rings (SSSR count). The van der Waals surface area contributed by atoms with Crippen molar-refractivity contribution < 1.29 is 9.47 Å². The van der Waals surface area contributed by atoms with Gasteiger partial charge in [-0.25, -0.2) is 4.98 Å². The highest BCUT2D eigenvalue weighted by Gasteiger charge is 2.29. The van der Waals surface area contributed by atoms with Crippen molar-refractivity contribution in [3.05, 3.63) is 95.9 Å². The minimum Gasteiger partial charge on any atom is -0.469 e. The van der Waals surface area contributed by atoms with E-state index in [1.807, 2.05) is 47.4 Å². The monoisotopic (exact) mass is 506 g/mol. The highest BCUT2D eigenvalue weighted by molar-refractivity contribution is 5.69. The van der Waals surface area contributed by atoms with Gasteiger partial charge in [-0.2, -0.15) is 10.4 Å². The number of aromatic nitrogens is 3. The van der Waals surface area contributed by atoms with Gasteiger partial charge >= 0.3 is 0 Å². The summed E-state index contributed by atoms with van der Waals surface area (Å²) in [6.45, 7) is 3.93. The summed E-state index contributed by atoms with van der Waals surface area (Å²) in [6, 6.07) is 22.4. The van der Waals surface area contributed by atoms with Gasteiger partial charge in [-0.3, -0.25) is 4.68 Å². The number of benzene rings is 2. The van der Waals surface area contributed by atoms with E-state index in [2.05, 4.69) is 63.3 Å². The molecule has 8 heteroatoms. The fourth-order valence-electron chi connectivity index (χ4n) is 4.92. The molecule has 0 aliphatic carbocycles. The minimum atomic E-state index is -0.128. The Labute approximate surface area is 222 Å². The molecule has 2 atom stereocenters. The van der Waals surface area contributed by atoms with Crippen molar-refractivity contribution in [1.82, 2.24) is 20.1 Å². The van der Waals surface area contributed by atoms with E-state index in [-0.39, 0.29) is 12.1 Å². The highest BCUT2D eigenvalue weighted by Crippen LogP contribution is 2.34. The molecule has 38 heavy (non-hydrogen) atoms. The van der Waals surface area contributed by atoms with Crippen molar-refractivity contribution in [2.24, 2.45) is 5.92 Å². The van der Waals surface area contributed by atoms with Crippen LogP contribution in [0.25, 0.3) is 11.1 Å². The van der Waals surface area contributed by atoms with Gasteiger partial charge in [0.1, 0.15) is 6.10 Å². The van der Waals surface area contributed by atoms with Gasteiger partial charge in [-0.05, 0) is 42.3 Å². The van der Waals surface area contributed by atoms with Crippen LogP contribution in [0.4, 0.5) is 5.69 Å². The molecule has 0 unspecified atom stereocenters. The third-order valence-corrected chi connectivity index (χ3v) is 7.12. The van der Waals surface area contributed by atoms with E-state index in [0.29, 0.717) is 23.9 Å². The maximum atomic E-state index is 9.04. The predicted molar refractivity (Wildman–Crippen MR) is 145 cm³/mol. The first-order valence-electron chi connectivity index (χ1n) is 13.0. The maximum Gasteiger partial charge on any atom is 0.237 e. The number of nitrogens with one attached hydrogen (secondary N) is 2. The Morgan fingerprint density at radius 2 is 1.92 bits per heavy atom. The molecule has 1 fully saturated rings. The van der Waals surface area contributed by atoms with E-state index < -0.39 is 0 Å². The normalized spacial score (nSPS) is 17.4. The summed E-state index contributed by atoms with van der Waals surface area (Å²) >= 11 is 0. The number of anilines is 1. The predicted octanol–water partition coefficient (Wildman–Crippen LogP) is 4.21. The fourth-order valence-corrected chi connectivity index (χ4v) is 4.92. The van der Waals surface area contributed by atoms with Gasteiger partial charge in [-0.1, -0.05) is 42.5 Å². The first kappa shape index (κ1) is 24.2. The molecule has 2 aromatic carbocycles. The summed E-state index contributed by atoms with van der Waals surface area (Å²) < 4.78 is 13.7. The SMILES string of the molecule is N#Cc1ccc(CCN[C@H](c2ccccc2)[C@@H]2CNc3cc(-c4cnn(CC5COC5)c4)cnc3O2)cc1. The van der Waals surface area contributed by atoms with Crippen LogP contribution >= 0.6 is 0 Å². The number of pyridine rings is 1. The maximum absolute atomic E-state index is 9.04. The van der Waals surface area contributed by atoms with Crippen LogP contribution in [0.5, 0.6) is 5.88 Å². The van der Waals surface area contributed by atoms with Gasteiger partial charge in [0.05, 0.1) is 49.3 Å². The molecule has 4 heterocycles. The lowest BCUT2D eigenvalue weighted by molar-refractivity contribution is -0.0408. The van der Waals surface area contributed by atoms with E-state index in [9.17, 15) is 0 Å². The van der Waals surface area contributed by atoms with Crippen molar-refractivity contribution in [1.29, 1.82) is 5.26 Å². The van der Waals surface area contributed by atoms with Crippen LogP contribution in [0.2, 0.25) is 0 Å². The lowest BCUT2D eigenvalue weighted by atomic mass is 9.99. The molecule has 0 amide bonds. The molecule has 0 radical (unpaired) electrons. The molecule has 4 aromatic rings. The molecule has 2 aromatic heterocycles. The van der Waals surface area contributed by atoms with Crippen LogP contribution in [0.3, 0.4) is 0 Å². The van der Waals surface area contributed by atoms with Crippen LogP contribution in [0.15, 0.2) is 79.3 Å². The standard InChI is InChI=1S/C30H30N6O2/c31-13-22-8-6-21(7-9-22)10-11-32-29(24-4-2-1-3-5-24)28-16-33-27-12-25(14-34-30(27)38-28)26-15-35-36(18-26)17-23-19-37-20-23/h1-9,12,14-15,18,23,28-29,32-33H,10-11,16-17,19-20H2/t28-,29+/m0/s1. The fraction of sp³-hybridized carbons (Fsp3) is 0.300. The minimum absolute atomic E-state index is 0.00887. The zero-order chi connectivity index (χ0) is 25.7. The molecule has 2 aliphatic rings. The largest absolute Gasteiger partial charge is 0.469 e. The number of ether oxygens (including phenoxy) is 2. The van der Waals surface area contributed by atoms with Crippen molar-refractivity contribution >= 4 is 5.69 Å². The van der Waals surface area contributed by atoms with Gasteiger partial charge in [0.15, 0.2) is 0 Å². The summed E-state index contributed by atoms with van der Waals surface area (Å²) in [5, 5.41) is 20.8. The van der Waals surface area contributed by atoms with Gasteiger partial charge in [0.2, 0.25) is 5.88 Å². The van der Waals surface area contributed by atoms with E-state index in [4.69, 9.17) is 14.7 Å². The van der Waals surface area contributed by atoms with Crippen molar-refractivity contribution in [3.8, 4) is 23.1 Å². The number of hydrogen-bond donors (Lipinski definition) is 2. The van der Waals surface area contributed by atoms with Gasteiger partial charge < -0.3 is 20.1 Å². The van der Waals surface area contributed by atoms with Crippen LogP contribution in [-0.4, -0.2) is 47.2 Å². The molecular formula is C30H30N6O2. The molecule has 2 aliphatic heterocycles. The Morgan fingerprint density at radius 3 is 2.68 bits per heavy atom. The molecular weight excluding hydrogens is 476 g/mol. The van der Waals surface area contributed by atoms with Crippen molar-refractivity contribution in [2.45, 2.75) is 25.1 Å². The average Bonchev–Trinajstić information content (AvgIpc) is 3.42. The molecule has 1 saturated heterocycles. The third-order valence-electron chi connectivity index (χ3n) is 7.12. The number of rotatable bonds is 9. The van der Waals surface area contributed by atoms with Crippen LogP contribution < -0.4 is 15.4 Å². The zero-order valence-corrected chi connectivity index (χ0v) is 21.1. The van der Waals surface area contributed by atoms with E-state index in [1.54, 1.807) is 0 Å². The lowest BCUT2D eigenvalue weighted by Crippen LogP contribution is -2.43. The number of fused-ring (bicyclic) bond motifs is 1. The topological polar surface area (TPSA) is 97.0 Å². The van der Waals surface area contributed by atoms with Gasteiger partial charge in [0, 0.05) is 36.0 Å². The summed E-state index contributed by atoms with van der Waals surface area (Å²) in [5.74, 6) is 1.16. The van der Waals surface area contributed by atoms with Crippen molar-refractivity contribution in [2.75, 3.05) is 31.6 Å². The summed E-state index contributed by atoms with van der Waals surface area (Å²) in [6.07, 6.45) is 6.54. The summed E-state index contributed by atoms with van der Waals surface area (Å²) in [5.41, 5.74) is 5.98. The second kappa shape index (κ2) is 11.1. The Hall–Kier alpha value is -4.19. The van der Waals surface area contributed by atoms with Crippen LogP contribution in [0, 0.1) is 17.2 Å². The van der Waals surface area contributed by atoms with E-state index in [0.717, 1.165) is 49.5 Å². The second-order valence-electron chi connectivity index (χ2n) is 9.87. The Bertz CT molecular complexity index is 1410. The lowest BCUT2D eigenvalue weighted by Gasteiger charge is -2.33. The first-order chi connectivity index (χ1) is 18.7. The first-order valence-corrected chi connectivity index (χ1v) is 13.0. The molecule has 8 nitrogen and oxygen atoms in total. The third kappa shape index (κ3) is 5.40.